The summed E-state index contributed by atoms with van der Waals surface area (Å²) in [5.74, 6) is 0.797. The van der Waals surface area contributed by atoms with Crippen LogP contribution in [0.2, 0.25) is 0 Å². The van der Waals surface area contributed by atoms with Gasteiger partial charge in [-0.05, 0) is 42.3 Å². The molecule has 2 aliphatic rings. The van der Waals surface area contributed by atoms with E-state index in [1.54, 1.807) is 0 Å². The molecule has 1 unspecified atom stereocenters. The minimum Gasteiger partial charge on any atom is -0.369 e. The topological polar surface area (TPSA) is 48.7 Å². The monoisotopic (exact) mass is 392 g/mol. The standard InChI is InChI=1S/C22H25FN6/c23-18-9-12-28(16-18)22-8-7-21-25-15-20(29(21)26-22)6-3-17-1-4-19(5-2-17)27-13-10-24-11-14-27/h1-8,15,18,24H,9-14,16H2/b6-3+. The van der Waals surface area contributed by atoms with Crippen molar-refractivity contribution in [3.63, 3.8) is 0 Å². The Kier molecular flexibility index (Phi) is 4.89. The first kappa shape index (κ1) is 18.1. The zero-order valence-electron chi connectivity index (χ0n) is 16.3. The first-order valence-corrected chi connectivity index (χ1v) is 10.2. The minimum absolute atomic E-state index is 0.414. The lowest BCUT2D eigenvalue weighted by molar-refractivity contribution is 0.364. The van der Waals surface area contributed by atoms with E-state index in [2.05, 4.69) is 50.6 Å². The molecule has 4 heterocycles. The van der Waals surface area contributed by atoms with E-state index >= 15 is 0 Å². The minimum atomic E-state index is -0.765. The number of fused-ring (bicyclic) bond motifs is 1. The van der Waals surface area contributed by atoms with E-state index in [-0.39, 0.29) is 0 Å². The summed E-state index contributed by atoms with van der Waals surface area (Å²) in [5.41, 5.74) is 4.10. The Morgan fingerprint density at radius 1 is 0.966 bits per heavy atom. The van der Waals surface area contributed by atoms with Crippen LogP contribution in [0.5, 0.6) is 0 Å². The zero-order valence-corrected chi connectivity index (χ0v) is 16.3. The van der Waals surface area contributed by atoms with Crippen LogP contribution in [0.1, 0.15) is 17.7 Å². The molecule has 1 N–H and O–H groups in total. The average molecular weight is 392 g/mol. The molecule has 2 aliphatic heterocycles. The van der Waals surface area contributed by atoms with Crippen molar-refractivity contribution in [3.8, 4) is 0 Å². The largest absolute Gasteiger partial charge is 0.369 e. The van der Waals surface area contributed by atoms with Gasteiger partial charge in [0.1, 0.15) is 12.0 Å². The number of halogens is 1. The van der Waals surface area contributed by atoms with Crippen molar-refractivity contribution >= 4 is 29.3 Å². The molecule has 5 rings (SSSR count). The van der Waals surface area contributed by atoms with Crippen molar-refractivity contribution in [2.45, 2.75) is 12.6 Å². The van der Waals surface area contributed by atoms with Crippen molar-refractivity contribution in [1.29, 1.82) is 0 Å². The third-order valence-electron chi connectivity index (χ3n) is 5.65. The molecule has 2 fully saturated rings. The molecule has 0 saturated carbocycles. The van der Waals surface area contributed by atoms with Gasteiger partial charge < -0.3 is 15.1 Å². The number of hydrogen-bond donors (Lipinski definition) is 1. The second kappa shape index (κ2) is 7.83. The Morgan fingerprint density at radius 2 is 1.79 bits per heavy atom. The summed E-state index contributed by atoms with van der Waals surface area (Å²) >= 11 is 0. The molecule has 2 aromatic heterocycles. The predicted octanol–water partition coefficient (Wildman–Crippen LogP) is 2.86. The van der Waals surface area contributed by atoms with Crippen molar-refractivity contribution in [3.05, 3.63) is 53.9 Å². The third-order valence-corrected chi connectivity index (χ3v) is 5.65. The van der Waals surface area contributed by atoms with Gasteiger partial charge in [0.15, 0.2) is 5.65 Å². The van der Waals surface area contributed by atoms with Crippen LogP contribution in [0.3, 0.4) is 0 Å². The highest BCUT2D eigenvalue weighted by molar-refractivity contribution is 5.70. The predicted molar refractivity (Wildman–Crippen MR) is 115 cm³/mol. The van der Waals surface area contributed by atoms with E-state index in [9.17, 15) is 4.39 Å². The SMILES string of the molecule is FC1CCN(c2ccc3ncc(/C=C/c4ccc(N5CCNCC5)cc4)n3n2)C1. The maximum absolute atomic E-state index is 13.5. The summed E-state index contributed by atoms with van der Waals surface area (Å²) in [6, 6.07) is 12.5. The second-order valence-electron chi connectivity index (χ2n) is 7.64. The molecular weight excluding hydrogens is 367 g/mol. The first-order chi connectivity index (χ1) is 14.3. The van der Waals surface area contributed by atoms with Crippen molar-refractivity contribution < 1.29 is 4.39 Å². The molecular formula is C22H25FN6. The number of benzene rings is 1. The second-order valence-corrected chi connectivity index (χ2v) is 7.64. The fraction of sp³-hybridized carbons (Fsp3) is 0.364. The van der Waals surface area contributed by atoms with Crippen LogP contribution < -0.4 is 15.1 Å². The maximum Gasteiger partial charge on any atom is 0.154 e. The molecule has 1 aromatic carbocycles. The molecule has 29 heavy (non-hydrogen) atoms. The Morgan fingerprint density at radius 3 is 2.55 bits per heavy atom. The Hall–Kier alpha value is -2.93. The molecule has 0 amide bonds. The van der Waals surface area contributed by atoms with Crippen molar-refractivity contribution in [2.24, 2.45) is 0 Å². The molecule has 0 radical (unpaired) electrons. The van der Waals surface area contributed by atoms with E-state index in [0.29, 0.717) is 19.5 Å². The average Bonchev–Trinajstić information content (AvgIpc) is 3.39. The molecule has 0 aliphatic carbocycles. The summed E-state index contributed by atoms with van der Waals surface area (Å²) in [7, 11) is 0. The van der Waals surface area contributed by atoms with Crippen molar-refractivity contribution in [2.75, 3.05) is 49.1 Å². The lowest BCUT2D eigenvalue weighted by Crippen LogP contribution is -2.43. The lowest BCUT2D eigenvalue weighted by Gasteiger charge is -2.29. The fourth-order valence-electron chi connectivity index (χ4n) is 3.99. The highest BCUT2D eigenvalue weighted by Gasteiger charge is 2.23. The van der Waals surface area contributed by atoms with Crippen LogP contribution in [0.25, 0.3) is 17.8 Å². The number of anilines is 2. The third kappa shape index (κ3) is 3.82. The van der Waals surface area contributed by atoms with E-state index in [1.807, 2.05) is 33.8 Å². The number of imidazole rings is 1. The van der Waals surface area contributed by atoms with Gasteiger partial charge in [0, 0.05) is 38.4 Å². The van der Waals surface area contributed by atoms with Gasteiger partial charge in [-0.15, -0.1) is 5.10 Å². The summed E-state index contributed by atoms with van der Waals surface area (Å²) in [6.07, 6.45) is 5.73. The number of piperazine rings is 1. The highest BCUT2D eigenvalue weighted by Crippen LogP contribution is 2.21. The Bertz CT molecular complexity index is 1010. The van der Waals surface area contributed by atoms with Gasteiger partial charge >= 0.3 is 0 Å². The van der Waals surface area contributed by atoms with Crippen LogP contribution in [-0.4, -0.2) is 60.0 Å². The number of nitrogens with zero attached hydrogens (tertiary/aromatic N) is 5. The van der Waals surface area contributed by atoms with Crippen LogP contribution >= 0.6 is 0 Å². The Balaban J connectivity index is 1.34. The summed E-state index contributed by atoms with van der Waals surface area (Å²) in [6.45, 7) is 5.29. The molecule has 7 heteroatoms. The van der Waals surface area contributed by atoms with Crippen LogP contribution in [0.4, 0.5) is 15.9 Å². The number of alkyl halides is 1. The van der Waals surface area contributed by atoms with Gasteiger partial charge in [-0.2, -0.15) is 0 Å². The van der Waals surface area contributed by atoms with E-state index in [1.165, 1.54) is 5.69 Å². The smallest absolute Gasteiger partial charge is 0.154 e. The van der Waals surface area contributed by atoms with Crippen LogP contribution in [-0.2, 0) is 0 Å². The molecule has 3 aromatic rings. The van der Waals surface area contributed by atoms with Gasteiger partial charge in [-0.25, -0.2) is 13.9 Å². The van der Waals surface area contributed by atoms with E-state index < -0.39 is 6.17 Å². The van der Waals surface area contributed by atoms with Gasteiger partial charge in [0.25, 0.3) is 0 Å². The van der Waals surface area contributed by atoms with Crippen LogP contribution in [0.15, 0.2) is 42.6 Å². The quantitative estimate of drug-likeness (QED) is 0.740. The fourth-order valence-corrected chi connectivity index (χ4v) is 3.99. The van der Waals surface area contributed by atoms with Crippen LogP contribution in [0, 0.1) is 0 Å². The number of aromatic nitrogens is 3. The number of rotatable bonds is 4. The normalized spacial score (nSPS) is 20.2. The zero-order chi connectivity index (χ0) is 19.6. The maximum atomic E-state index is 13.5. The van der Waals surface area contributed by atoms with Gasteiger partial charge in [-0.3, -0.25) is 0 Å². The number of hydrogen-bond acceptors (Lipinski definition) is 5. The highest BCUT2D eigenvalue weighted by atomic mass is 19.1. The van der Waals surface area contributed by atoms with E-state index in [0.717, 1.165) is 48.9 Å². The van der Waals surface area contributed by atoms with Gasteiger partial charge in [0.2, 0.25) is 0 Å². The number of nitrogens with one attached hydrogen (secondary N) is 1. The molecule has 2 saturated heterocycles. The van der Waals surface area contributed by atoms with Crippen molar-refractivity contribution in [1.82, 2.24) is 19.9 Å². The molecule has 0 spiro atoms. The molecule has 6 nitrogen and oxygen atoms in total. The summed E-state index contributed by atoms with van der Waals surface area (Å²) in [5, 5.41) is 8.07. The Labute approximate surface area is 169 Å². The molecule has 1 atom stereocenters. The van der Waals surface area contributed by atoms with Gasteiger partial charge in [0.05, 0.1) is 18.4 Å². The van der Waals surface area contributed by atoms with Gasteiger partial charge in [-0.1, -0.05) is 18.2 Å². The first-order valence-electron chi connectivity index (χ1n) is 10.2. The van der Waals surface area contributed by atoms with E-state index in [4.69, 9.17) is 0 Å². The lowest BCUT2D eigenvalue weighted by atomic mass is 10.1. The molecule has 0 bridgehead atoms. The summed E-state index contributed by atoms with van der Waals surface area (Å²) in [4.78, 5) is 8.83. The summed E-state index contributed by atoms with van der Waals surface area (Å²) < 4.78 is 15.4. The molecule has 150 valence electrons.